The number of nitrogens with one attached hydrogen (secondary N) is 1. The molecule has 9 heteroatoms. The highest BCUT2D eigenvalue weighted by Crippen LogP contribution is 2.43. The predicted octanol–water partition coefficient (Wildman–Crippen LogP) is 5.14. The van der Waals surface area contributed by atoms with E-state index in [4.69, 9.17) is 0 Å². The normalized spacial score (nSPS) is 17.3. The lowest BCUT2D eigenvalue weighted by Crippen LogP contribution is -2.42. The molecule has 1 aliphatic rings. The van der Waals surface area contributed by atoms with Crippen molar-refractivity contribution in [2.75, 3.05) is 25.1 Å². The molecule has 0 fully saturated rings. The van der Waals surface area contributed by atoms with E-state index >= 15 is 0 Å². The number of methoxy groups -OCH3 is 1. The summed E-state index contributed by atoms with van der Waals surface area (Å²) in [5.74, 6) is -3.74. The van der Waals surface area contributed by atoms with Crippen LogP contribution in [0, 0.1) is 23.4 Å². The zero-order chi connectivity index (χ0) is 27.0. The number of carbonyl (C=O) groups excluding carboxylic acids is 3. The third-order valence-corrected chi connectivity index (χ3v) is 6.46. The lowest BCUT2D eigenvalue weighted by molar-refractivity contribution is -0.146. The topological polar surface area (TPSA) is 75.7 Å². The Balaban J connectivity index is 0.000000324. The van der Waals surface area contributed by atoms with E-state index in [1.165, 1.54) is 36.3 Å². The van der Waals surface area contributed by atoms with Crippen molar-refractivity contribution < 1.29 is 32.3 Å². The minimum absolute atomic E-state index is 0.115. The summed E-state index contributed by atoms with van der Waals surface area (Å²) < 4.78 is 46.1. The average molecular weight is 507 g/mol. The van der Waals surface area contributed by atoms with Crippen LogP contribution in [0.2, 0.25) is 0 Å². The molecule has 0 saturated heterocycles. The van der Waals surface area contributed by atoms with Crippen LogP contribution in [-0.4, -0.2) is 38.0 Å². The largest absolute Gasteiger partial charge is 0.469 e. The fourth-order valence-electron chi connectivity index (χ4n) is 4.09. The molecule has 2 aromatic rings. The zero-order valence-electron chi connectivity index (χ0n) is 21.3. The molecule has 0 radical (unpaired) electrons. The minimum atomic E-state index is -0.896. The summed E-state index contributed by atoms with van der Waals surface area (Å²) in [6.07, 6.45) is 1.57. The number of amides is 2. The molecule has 2 amide bonds. The van der Waals surface area contributed by atoms with Gasteiger partial charge in [-0.25, -0.2) is 13.2 Å². The first-order valence-electron chi connectivity index (χ1n) is 11.9. The maximum atomic E-state index is 14.0. The standard InChI is InChI=1S/C19H18F3NO.C8H15NO3/c1-3-19(2)9-10-23(16-8-7-12(20)11-13(16)19)18(24)17-14(21)5-4-6-15(17)22;1-4-9-7(10)5-6(2)8(11)12-3/h4-8,11H,3,9-10H2,1-2H3;6H,4-5H2,1-3H3,(H,9,10). The molecule has 196 valence electrons. The fraction of sp³-hybridized carbons (Fsp3) is 0.444. The van der Waals surface area contributed by atoms with Crippen LogP contribution in [0.15, 0.2) is 36.4 Å². The quantitative estimate of drug-likeness (QED) is 0.551. The summed E-state index contributed by atoms with van der Waals surface area (Å²) in [7, 11) is 1.32. The molecule has 1 heterocycles. The van der Waals surface area contributed by atoms with Crippen molar-refractivity contribution in [3.8, 4) is 0 Å². The van der Waals surface area contributed by atoms with Crippen molar-refractivity contribution in [1.29, 1.82) is 0 Å². The number of benzene rings is 2. The highest BCUT2D eigenvalue weighted by atomic mass is 19.1. The maximum Gasteiger partial charge on any atom is 0.308 e. The van der Waals surface area contributed by atoms with Crippen molar-refractivity contribution in [2.24, 2.45) is 5.92 Å². The van der Waals surface area contributed by atoms with Gasteiger partial charge in [-0.1, -0.05) is 26.8 Å². The van der Waals surface area contributed by atoms with Gasteiger partial charge in [0, 0.05) is 25.2 Å². The molecule has 1 N–H and O–H groups in total. The highest BCUT2D eigenvalue weighted by Gasteiger charge is 2.37. The molecule has 0 bridgehead atoms. The van der Waals surface area contributed by atoms with Crippen LogP contribution in [-0.2, 0) is 19.7 Å². The summed E-state index contributed by atoms with van der Waals surface area (Å²) in [6.45, 7) is 8.43. The van der Waals surface area contributed by atoms with E-state index in [1.807, 2.05) is 20.8 Å². The Kier molecular flexibility index (Phi) is 10.1. The van der Waals surface area contributed by atoms with Crippen LogP contribution >= 0.6 is 0 Å². The van der Waals surface area contributed by atoms with E-state index < -0.39 is 23.1 Å². The summed E-state index contributed by atoms with van der Waals surface area (Å²) in [4.78, 5) is 35.9. The van der Waals surface area contributed by atoms with Crippen molar-refractivity contribution in [1.82, 2.24) is 5.32 Å². The Morgan fingerprint density at radius 3 is 2.31 bits per heavy atom. The number of esters is 1. The van der Waals surface area contributed by atoms with Gasteiger partial charge in [-0.2, -0.15) is 0 Å². The van der Waals surface area contributed by atoms with Gasteiger partial charge in [-0.05, 0) is 61.1 Å². The maximum absolute atomic E-state index is 14.0. The molecule has 2 atom stereocenters. The summed E-state index contributed by atoms with van der Waals surface area (Å²) in [5, 5.41) is 2.61. The zero-order valence-corrected chi connectivity index (χ0v) is 21.3. The molecule has 0 aromatic heterocycles. The monoisotopic (exact) mass is 506 g/mol. The molecule has 2 unspecified atom stereocenters. The number of anilines is 1. The van der Waals surface area contributed by atoms with Crippen molar-refractivity contribution in [3.63, 3.8) is 0 Å². The number of halogens is 3. The predicted molar refractivity (Wildman–Crippen MR) is 131 cm³/mol. The van der Waals surface area contributed by atoms with Crippen molar-refractivity contribution in [2.45, 2.75) is 52.4 Å². The Labute approximate surface area is 209 Å². The first kappa shape index (κ1) is 28.9. The van der Waals surface area contributed by atoms with Crippen LogP contribution < -0.4 is 10.2 Å². The molecule has 1 aliphatic heterocycles. The highest BCUT2D eigenvalue weighted by molar-refractivity contribution is 6.07. The second-order valence-corrected chi connectivity index (χ2v) is 8.96. The number of fused-ring (bicyclic) bond motifs is 1. The Morgan fingerprint density at radius 1 is 1.11 bits per heavy atom. The van der Waals surface area contributed by atoms with Crippen molar-refractivity contribution >= 4 is 23.5 Å². The number of ether oxygens (including phenoxy) is 1. The second kappa shape index (κ2) is 12.6. The van der Waals surface area contributed by atoms with E-state index in [9.17, 15) is 27.6 Å². The third-order valence-electron chi connectivity index (χ3n) is 6.46. The Hall–Kier alpha value is -3.36. The number of carbonyl (C=O) groups is 3. The van der Waals surface area contributed by atoms with Crippen LogP contribution in [0.3, 0.4) is 0 Å². The number of rotatable bonds is 6. The number of hydrogen-bond donors (Lipinski definition) is 1. The van der Waals surface area contributed by atoms with Gasteiger partial charge < -0.3 is 15.0 Å². The van der Waals surface area contributed by atoms with E-state index in [1.54, 1.807) is 6.92 Å². The van der Waals surface area contributed by atoms with Crippen LogP contribution in [0.5, 0.6) is 0 Å². The molecular weight excluding hydrogens is 473 g/mol. The van der Waals surface area contributed by atoms with Crippen LogP contribution in [0.1, 0.15) is 62.9 Å². The molecule has 0 spiro atoms. The SMILES string of the molecule is CCC1(C)CCN(C(=O)c2c(F)cccc2F)c2ccc(F)cc21.CCNC(=O)CC(C)C(=O)OC. The molecule has 0 saturated carbocycles. The van der Waals surface area contributed by atoms with Crippen LogP contribution in [0.4, 0.5) is 18.9 Å². The first-order chi connectivity index (χ1) is 17.0. The van der Waals surface area contributed by atoms with E-state index in [2.05, 4.69) is 10.1 Å². The van der Waals surface area contributed by atoms with E-state index in [0.29, 0.717) is 30.8 Å². The summed E-state index contributed by atoms with van der Waals surface area (Å²) in [5.41, 5.74) is 0.357. The molecular formula is C27H33F3N2O4. The van der Waals surface area contributed by atoms with Gasteiger partial charge in [-0.3, -0.25) is 14.4 Å². The average Bonchev–Trinajstić information content (AvgIpc) is 2.84. The smallest absolute Gasteiger partial charge is 0.308 e. The van der Waals surface area contributed by atoms with E-state index in [-0.39, 0.29) is 35.4 Å². The van der Waals surface area contributed by atoms with Gasteiger partial charge in [-0.15, -0.1) is 0 Å². The number of hydrogen-bond acceptors (Lipinski definition) is 4. The number of nitrogens with zero attached hydrogens (tertiary/aromatic N) is 1. The van der Waals surface area contributed by atoms with Gasteiger partial charge in [0.2, 0.25) is 5.91 Å². The summed E-state index contributed by atoms with van der Waals surface area (Å²) >= 11 is 0. The Bertz CT molecular complexity index is 1090. The van der Waals surface area contributed by atoms with Gasteiger partial charge >= 0.3 is 5.97 Å². The van der Waals surface area contributed by atoms with Crippen molar-refractivity contribution in [3.05, 3.63) is 65.0 Å². The lowest BCUT2D eigenvalue weighted by Gasteiger charge is -2.41. The van der Waals surface area contributed by atoms with Crippen LogP contribution in [0.25, 0.3) is 0 Å². The fourth-order valence-corrected chi connectivity index (χ4v) is 4.09. The Morgan fingerprint density at radius 2 is 1.75 bits per heavy atom. The third kappa shape index (κ3) is 6.65. The molecule has 36 heavy (non-hydrogen) atoms. The van der Waals surface area contributed by atoms with E-state index in [0.717, 1.165) is 18.6 Å². The molecule has 6 nitrogen and oxygen atoms in total. The lowest BCUT2D eigenvalue weighted by atomic mass is 9.74. The molecule has 3 rings (SSSR count). The molecule has 0 aliphatic carbocycles. The molecule has 2 aromatic carbocycles. The first-order valence-corrected chi connectivity index (χ1v) is 11.9. The second-order valence-electron chi connectivity index (χ2n) is 8.96. The van der Waals surface area contributed by atoms with Gasteiger partial charge in [0.15, 0.2) is 0 Å². The van der Waals surface area contributed by atoms with Gasteiger partial charge in [0.1, 0.15) is 23.0 Å². The summed E-state index contributed by atoms with van der Waals surface area (Å²) in [6, 6.07) is 7.52. The minimum Gasteiger partial charge on any atom is -0.469 e. The van der Waals surface area contributed by atoms with Gasteiger partial charge in [0.25, 0.3) is 5.91 Å². The van der Waals surface area contributed by atoms with Gasteiger partial charge in [0.05, 0.1) is 13.0 Å².